The first-order valence-electron chi connectivity index (χ1n) is 9.96. The van der Waals surface area contributed by atoms with Crippen LogP contribution in [0.3, 0.4) is 0 Å². The van der Waals surface area contributed by atoms with E-state index in [0.29, 0.717) is 12.6 Å². The highest BCUT2D eigenvalue weighted by Crippen LogP contribution is 2.32. The number of halogens is 1. The molecular formula is C25H28ClNO2. The second-order valence-corrected chi connectivity index (χ2v) is 7.61. The van der Waals surface area contributed by atoms with Gasteiger partial charge in [-0.3, -0.25) is 0 Å². The molecule has 0 radical (unpaired) electrons. The van der Waals surface area contributed by atoms with Crippen LogP contribution in [0.4, 0.5) is 0 Å². The molecule has 0 aliphatic heterocycles. The summed E-state index contributed by atoms with van der Waals surface area (Å²) in [6.07, 6.45) is 2.14. The predicted molar refractivity (Wildman–Crippen MR) is 120 cm³/mol. The first-order valence-corrected chi connectivity index (χ1v) is 10.3. The maximum absolute atomic E-state index is 6.14. The van der Waals surface area contributed by atoms with Crippen LogP contribution >= 0.6 is 11.6 Å². The molecule has 0 aromatic heterocycles. The zero-order valence-corrected chi connectivity index (χ0v) is 17.8. The third-order valence-electron chi connectivity index (χ3n) is 4.93. The molecule has 3 nitrogen and oxygen atoms in total. The van der Waals surface area contributed by atoms with Crippen molar-refractivity contribution in [2.24, 2.45) is 0 Å². The Balaban J connectivity index is 1.60. The van der Waals surface area contributed by atoms with E-state index >= 15 is 0 Å². The van der Waals surface area contributed by atoms with Gasteiger partial charge in [0.05, 0.1) is 7.11 Å². The van der Waals surface area contributed by atoms with E-state index in [2.05, 4.69) is 48.6 Å². The maximum Gasteiger partial charge on any atom is 0.166 e. The Bertz CT molecular complexity index is 881. The van der Waals surface area contributed by atoms with Crippen molar-refractivity contribution >= 4 is 11.6 Å². The molecule has 3 aromatic rings. The van der Waals surface area contributed by atoms with E-state index in [9.17, 15) is 0 Å². The van der Waals surface area contributed by atoms with E-state index in [1.54, 1.807) is 7.11 Å². The van der Waals surface area contributed by atoms with Crippen molar-refractivity contribution in [3.8, 4) is 11.5 Å². The van der Waals surface area contributed by atoms with Gasteiger partial charge in [-0.25, -0.2) is 0 Å². The van der Waals surface area contributed by atoms with Crippen LogP contribution in [0.15, 0.2) is 72.8 Å². The zero-order valence-electron chi connectivity index (χ0n) is 17.0. The smallest absolute Gasteiger partial charge is 0.166 e. The van der Waals surface area contributed by atoms with E-state index in [1.165, 1.54) is 5.56 Å². The summed E-state index contributed by atoms with van der Waals surface area (Å²) < 4.78 is 11.7. The number of benzene rings is 3. The molecule has 1 N–H and O–H groups in total. The van der Waals surface area contributed by atoms with E-state index < -0.39 is 0 Å². The van der Waals surface area contributed by atoms with Crippen molar-refractivity contribution in [1.82, 2.24) is 5.32 Å². The van der Waals surface area contributed by atoms with Gasteiger partial charge in [-0.2, -0.15) is 0 Å². The largest absolute Gasteiger partial charge is 0.493 e. The Hall–Kier alpha value is -2.49. The fourth-order valence-corrected chi connectivity index (χ4v) is 3.30. The Morgan fingerprint density at radius 2 is 1.66 bits per heavy atom. The molecule has 1 unspecified atom stereocenters. The summed E-state index contributed by atoms with van der Waals surface area (Å²) in [5, 5.41) is 4.34. The van der Waals surface area contributed by atoms with Gasteiger partial charge in [-0.15, -0.1) is 0 Å². The SMILES string of the molecule is COc1cccc(CNC(C)CCc2ccccc2)c1OCc1ccc(Cl)cc1. The second kappa shape index (κ2) is 10.9. The minimum absolute atomic E-state index is 0.394. The Kier molecular flexibility index (Phi) is 7.97. The Morgan fingerprint density at radius 3 is 2.38 bits per heavy atom. The van der Waals surface area contributed by atoms with Crippen LogP contribution < -0.4 is 14.8 Å². The zero-order chi connectivity index (χ0) is 20.5. The monoisotopic (exact) mass is 409 g/mol. The quantitative estimate of drug-likeness (QED) is 0.443. The molecule has 0 fully saturated rings. The fraction of sp³-hybridized carbons (Fsp3) is 0.280. The number of nitrogens with one attached hydrogen (secondary N) is 1. The lowest BCUT2D eigenvalue weighted by Gasteiger charge is -2.18. The molecule has 0 saturated heterocycles. The fourth-order valence-electron chi connectivity index (χ4n) is 3.18. The molecule has 0 bridgehead atoms. The summed E-state index contributed by atoms with van der Waals surface area (Å²) in [6, 6.07) is 24.7. The molecule has 4 heteroatoms. The van der Waals surface area contributed by atoms with Gasteiger partial charge in [0.15, 0.2) is 11.5 Å². The molecule has 0 spiro atoms. The Labute approximate surface area is 178 Å². The van der Waals surface area contributed by atoms with Crippen molar-refractivity contribution in [3.05, 3.63) is 94.5 Å². The number of aryl methyl sites for hydroxylation is 1. The van der Waals surface area contributed by atoms with Crippen molar-refractivity contribution in [2.75, 3.05) is 7.11 Å². The standard InChI is InChI=1S/C25H28ClNO2/c1-19(11-12-20-7-4-3-5-8-20)27-17-22-9-6-10-24(28-2)25(22)29-18-21-13-15-23(26)16-14-21/h3-10,13-16,19,27H,11-12,17-18H2,1-2H3. The van der Waals surface area contributed by atoms with Crippen molar-refractivity contribution < 1.29 is 9.47 Å². The number of para-hydroxylation sites is 1. The molecule has 0 aliphatic carbocycles. The minimum Gasteiger partial charge on any atom is -0.493 e. The molecule has 29 heavy (non-hydrogen) atoms. The molecule has 0 amide bonds. The van der Waals surface area contributed by atoms with Crippen LogP contribution in [0, 0.1) is 0 Å². The molecule has 0 aliphatic rings. The number of methoxy groups -OCH3 is 1. The average Bonchev–Trinajstić information content (AvgIpc) is 2.76. The van der Waals surface area contributed by atoms with Gasteiger partial charge in [0.2, 0.25) is 0 Å². The number of rotatable bonds is 10. The van der Waals surface area contributed by atoms with Crippen LogP contribution in [-0.2, 0) is 19.6 Å². The predicted octanol–water partition coefficient (Wildman–Crippen LogP) is 6.04. The highest BCUT2D eigenvalue weighted by atomic mass is 35.5. The van der Waals surface area contributed by atoms with Gasteiger partial charge in [0, 0.05) is 23.2 Å². The van der Waals surface area contributed by atoms with Crippen LogP contribution in [0.25, 0.3) is 0 Å². The van der Waals surface area contributed by atoms with Crippen molar-refractivity contribution in [3.63, 3.8) is 0 Å². The molecule has 3 rings (SSSR count). The highest BCUT2D eigenvalue weighted by Gasteiger charge is 2.12. The van der Waals surface area contributed by atoms with Gasteiger partial charge in [-0.05, 0) is 49.1 Å². The summed E-state index contributed by atoms with van der Waals surface area (Å²) in [6.45, 7) is 3.41. The summed E-state index contributed by atoms with van der Waals surface area (Å²) in [7, 11) is 1.67. The summed E-state index contributed by atoms with van der Waals surface area (Å²) in [5.41, 5.74) is 3.52. The maximum atomic E-state index is 6.14. The number of hydrogen-bond acceptors (Lipinski definition) is 3. The lowest BCUT2D eigenvalue weighted by molar-refractivity contribution is 0.280. The summed E-state index contributed by atoms with van der Waals surface area (Å²) in [4.78, 5) is 0. The van der Waals surface area contributed by atoms with Crippen LogP contribution in [-0.4, -0.2) is 13.2 Å². The van der Waals surface area contributed by atoms with E-state index in [1.807, 2.05) is 36.4 Å². The van der Waals surface area contributed by atoms with Gasteiger partial charge in [0.25, 0.3) is 0 Å². The van der Waals surface area contributed by atoms with Gasteiger partial charge in [-0.1, -0.05) is 66.2 Å². The van der Waals surface area contributed by atoms with Gasteiger partial charge in [0.1, 0.15) is 6.61 Å². The molecule has 3 aromatic carbocycles. The number of hydrogen-bond donors (Lipinski definition) is 1. The molecule has 152 valence electrons. The van der Waals surface area contributed by atoms with Gasteiger partial charge < -0.3 is 14.8 Å². The molecule has 0 heterocycles. The van der Waals surface area contributed by atoms with E-state index in [4.69, 9.17) is 21.1 Å². The van der Waals surface area contributed by atoms with Crippen LogP contribution in [0.5, 0.6) is 11.5 Å². The molecule has 1 atom stereocenters. The second-order valence-electron chi connectivity index (χ2n) is 7.17. The summed E-state index contributed by atoms with van der Waals surface area (Å²) >= 11 is 5.97. The topological polar surface area (TPSA) is 30.5 Å². The first kappa shape index (κ1) is 21.2. The van der Waals surface area contributed by atoms with E-state index in [0.717, 1.165) is 47.0 Å². The number of ether oxygens (including phenoxy) is 2. The lowest BCUT2D eigenvalue weighted by atomic mass is 10.1. The lowest BCUT2D eigenvalue weighted by Crippen LogP contribution is -2.26. The van der Waals surface area contributed by atoms with Crippen molar-refractivity contribution in [2.45, 2.75) is 39.0 Å². The van der Waals surface area contributed by atoms with Crippen LogP contribution in [0.2, 0.25) is 5.02 Å². The first-order chi connectivity index (χ1) is 14.2. The molecular weight excluding hydrogens is 382 g/mol. The third-order valence-corrected chi connectivity index (χ3v) is 5.18. The molecule has 0 saturated carbocycles. The van der Waals surface area contributed by atoms with Crippen LogP contribution in [0.1, 0.15) is 30.0 Å². The van der Waals surface area contributed by atoms with Gasteiger partial charge >= 0.3 is 0 Å². The highest BCUT2D eigenvalue weighted by molar-refractivity contribution is 6.30. The van der Waals surface area contributed by atoms with E-state index in [-0.39, 0.29) is 0 Å². The minimum atomic E-state index is 0.394. The van der Waals surface area contributed by atoms with Crippen molar-refractivity contribution in [1.29, 1.82) is 0 Å². The Morgan fingerprint density at radius 1 is 0.897 bits per heavy atom. The summed E-state index contributed by atoms with van der Waals surface area (Å²) in [5.74, 6) is 1.53. The average molecular weight is 410 g/mol. The third kappa shape index (κ3) is 6.52. The normalized spacial score (nSPS) is 11.8.